The van der Waals surface area contributed by atoms with Gasteiger partial charge in [-0.25, -0.2) is 0 Å². The SMILES string of the molecule is C[C@H](SCC(=O)Nc1cccc(C#N)c1)c1ccccc1. The number of thioether (sulfide) groups is 1. The van der Waals surface area contributed by atoms with Gasteiger partial charge in [0.15, 0.2) is 0 Å². The molecule has 106 valence electrons. The van der Waals surface area contributed by atoms with Gasteiger partial charge in [-0.2, -0.15) is 5.26 Å². The third kappa shape index (κ3) is 4.66. The minimum atomic E-state index is -0.0575. The molecule has 2 rings (SSSR count). The Kier molecular flexibility index (Phi) is 5.42. The van der Waals surface area contributed by atoms with Crippen LogP contribution in [-0.4, -0.2) is 11.7 Å². The van der Waals surface area contributed by atoms with Crippen LogP contribution in [0, 0.1) is 11.3 Å². The molecule has 0 fully saturated rings. The highest BCUT2D eigenvalue weighted by atomic mass is 32.2. The number of nitriles is 1. The Bertz CT molecular complexity index is 649. The van der Waals surface area contributed by atoms with Crippen LogP contribution in [0.15, 0.2) is 54.6 Å². The average molecular weight is 296 g/mol. The first kappa shape index (κ1) is 15.1. The van der Waals surface area contributed by atoms with E-state index in [1.807, 2.05) is 18.2 Å². The molecule has 0 saturated carbocycles. The van der Waals surface area contributed by atoms with Gasteiger partial charge in [-0.3, -0.25) is 4.79 Å². The summed E-state index contributed by atoms with van der Waals surface area (Å²) in [5.41, 5.74) is 2.41. The maximum Gasteiger partial charge on any atom is 0.234 e. The summed E-state index contributed by atoms with van der Waals surface area (Å²) >= 11 is 1.59. The zero-order valence-corrected chi connectivity index (χ0v) is 12.6. The van der Waals surface area contributed by atoms with Crippen LogP contribution in [0.1, 0.15) is 23.3 Å². The Morgan fingerprint density at radius 2 is 2.00 bits per heavy atom. The van der Waals surface area contributed by atoms with Crippen molar-refractivity contribution in [1.82, 2.24) is 0 Å². The van der Waals surface area contributed by atoms with Crippen molar-refractivity contribution in [2.75, 3.05) is 11.1 Å². The van der Waals surface area contributed by atoms with E-state index in [0.717, 1.165) is 0 Å². The number of benzene rings is 2. The smallest absolute Gasteiger partial charge is 0.234 e. The minimum Gasteiger partial charge on any atom is -0.325 e. The van der Waals surface area contributed by atoms with Crippen LogP contribution >= 0.6 is 11.8 Å². The molecule has 0 heterocycles. The molecule has 0 saturated heterocycles. The molecule has 0 aromatic heterocycles. The largest absolute Gasteiger partial charge is 0.325 e. The van der Waals surface area contributed by atoms with E-state index >= 15 is 0 Å². The summed E-state index contributed by atoms with van der Waals surface area (Å²) in [5.74, 6) is 0.324. The van der Waals surface area contributed by atoms with E-state index in [0.29, 0.717) is 17.0 Å². The molecule has 0 unspecified atom stereocenters. The fourth-order valence-corrected chi connectivity index (χ4v) is 2.71. The molecule has 0 aliphatic rings. The van der Waals surface area contributed by atoms with E-state index < -0.39 is 0 Å². The highest BCUT2D eigenvalue weighted by Crippen LogP contribution is 2.27. The second kappa shape index (κ2) is 7.51. The standard InChI is InChI=1S/C17H16N2OS/c1-13(15-7-3-2-4-8-15)21-12-17(20)19-16-9-5-6-14(10-16)11-18/h2-10,13H,12H2,1H3,(H,19,20)/t13-/m0/s1. The number of hydrogen-bond acceptors (Lipinski definition) is 3. The minimum absolute atomic E-state index is 0.0575. The van der Waals surface area contributed by atoms with E-state index in [1.165, 1.54) is 5.56 Å². The van der Waals surface area contributed by atoms with Gasteiger partial charge in [-0.1, -0.05) is 36.4 Å². The Morgan fingerprint density at radius 1 is 1.24 bits per heavy atom. The van der Waals surface area contributed by atoms with E-state index in [4.69, 9.17) is 5.26 Å². The molecule has 2 aromatic carbocycles. The molecular formula is C17H16N2OS. The van der Waals surface area contributed by atoms with Crippen molar-refractivity contribution >= 4 is 23.4 Å². The van der Waals surface area contributed by atoms with Gasteiger partial charge in [-0.15, -0.1) is 11.8 Å². The second-order valence-corrected chi connectivity index (χ2v) is 5.93. The molecule has 0 spiro atoms. The Hall–Kier alpha value is -2.25. The lowest BCUT2D eigenvalue weighted by molar-refractivity contribution is -0.113. The van der Waals surface area contributed by atoms with Gasteiger partial charge in [0.05, 0.1) is 17.4 Å². The van der Waals surface area contributed by atoms with E-state index in [-0.39, 0.29) is 11.2 Å². The molecule has 1 N–H and O–H groups in total. The average Bonchev–Trinajstić information content (AvgIpc) is 2.53. The predicted molar refractivity (Wildman–Crippen MR) is 87.1 cm³/mol. The number of nitrogens with one attached hydrogen (secondary N) is 1. The number of carbonyl (C=O) groups is 1. The van der Waals surface area contributed by atoms with Gasteiger partial charge in [0.25, 0.3) is 0 Å². The summed E-state index contributed by atoms with van der Waals surface area (Å²) in [6, 6.07) is 19.1. The number of nitrogens with zero attached hydrogens (tertiary/aromatic N) is 1. The normalized spacial score (nSPS) is 11.4. The maximum atomic E-state index is 11.9. The van der Waals surface area contributed by atoms with E-state index in [2.05, 4.69) is 30.4 Å². The molecule has 0 aliphatic carbocycles. The van der Waals surface area contributed by atoms with Crippen LogP contribution in [0.2, 0.25) is 0 Å². The Morgan fingerprint density at radius 3 is 2.71 bits per heavy atom. The van der Waals surface area contributed by atoms with Crippen LogP contribution in [0.5, 0.6) is 0 Å². The first-order chi connectivity index (χ1) is 10.2. The van der Waals surface area contributed by atoms with Gasteiger partial charge in [-0.05, 0) is 30.7 Å². The van der Waals surface area contributed by atoms with Gasteiger partial charge >= 0.3 is 0 Å². The fraction of sp³-hybridized carbons (Fsp3) is 0.176. The number of amides is 1. The monoisotopic (exact) mass is 296 g/mol. The Labute approximate surface area is 129 Å². The number of rotatable bonds is 5. The Balaban J connectivity index is 1.86. The summed E-state index contributed by atoms with van der Waals surface area (Å²) in [7, 11) is 0. The van der Waals surface area contributed by atoms with Crippen LogP contribution < -0.4 is 5.32 Å². The lowest BCUT2D eigenvalue weighted by Crippen LogP contribution is -2.14. The van der Waals surface area contributed by atoms with Crippen molar-refractivity contribution < 1.29 is 4.79 Å². The van der Waals surface area contributed by atoms with Gasteiger partial charge in [0.2, 0.25) is 5.91 Å². The molecule has 4 heteroatoms. The topological polar surface area (TPSA) is 52.9 Å². The van der Waals surface area contributed by atoms with Crippen LogP contribution in [0.25, 0.3) is 0 Å². The van der Waals surface area contributed by atoms with Crippen LogP contribution in [0.4, 0.5) is 5.69 Å². The first-order valence-corrected chi connectivity index (χ1v) is 7.70. The highest BCUT2D eigenvalue weighted by Gasteiger charge is 2.09. The lowest BCUT2D eigenvalue weighted by atomic mass is 10.2. The molecule has 0 bridgehead atoms. The molecule has 21 heavy (non-hydrogen) atoms. The molecule has 0 aliphatic heterocycles. The lowest BCUT2D eigenvalue weighted by Gasteiger charge is -2.11. The summed E-state index contributed by atoms with van der Waals surface area (Å²) < 4.78 is 0. The van der Waals surface area contributed by atoms with Crippen molar-refractivity contribution in [2.24, 2.45) is 0 Å². The van der Waals surface area contributed by atoms with Gasteiger partial charge in [0.1, 0.15) is 0 Å². The molecule has 1 amide bonds. The quantitative estimate of drug-likeness (QED) is 0.907. The summed E-state index contributed by atoms with van der Waals surface area (Å²) in [4.78, 5) is 11.9. The first-order valence-electron chi connectivity index (χ1n) is 6.65. The molecule has 1 atom stereocenters. The summed E-state index contributed by atoms with van der Waals surface area (Å²) in [6.45, 7) is 2.09. The van der Waals surface area contributed by atoms with Crippen molar-refractivity contribution in [3.8, 4) is 6.07 Å². The maximum absolute atomic E-state index is 11.9. The molecule has 0 radical (unpaired) electrons. The van der Waals surface area contributed by atoms with Crippen LogP contribution in [0.3, 0.4) is 0 Å². The second-order valence-electron chi connectivity index (χ2n) is 4.60. The van der Waals surface area contributed by atoms with Crippen molar-refractivity contribution in [2.45, 2.75) is 12.2 Å². The fourth-order valence-electron chi connectivity index (χ4n) is 1.88. The van der Waals surface area contributed by atoms with Gasteiger partial charge in [0, 0.05) is 10.9 Å². The number of anilines is 1. The number of hydrogen-bond donors (Lipinski definition) is 1. The number of carbonyl (C=O) groups excluding carboxylic acids is 1. The van der Waals surface area contributed by atoms with Crippen molar-refractivity contribution in [3.05, 3.63) is 65.7 Å². The highest BCUT2D eigenvalue weighted by molar-refractivity contribution is 8.00. The zero-order chi connectivity index (χ0) is 15.1. The molecule has 3 nitrogen and oxygen atoms in total. The molecule has 2 aromatic rings. The predicted octanol–water partition coefficient (Wildman–Crippen LogP) is 3.99. The molecular weight excluding hydrogens is 280 g/mol. The van der Waals surface area contributed by atoms with Crippen molar-refractivity contribution in [1.29, 1.82) is 5.26 Å². The zero-order valence-electron chi connectivity index (χ0n) is 11.7. The van der Waals surface area contributed by atoms with E-state index in [1.54, 1.807) is 36.0 Å². The third-order valence-corrected chi connectivity index (χ3v) is 4.21. The van der Waals surface area contributed by atoms with E-state index in [9.17, 15) is 4.79 Å². The van der Waals surface area contributed by atoms with Crippen LogP contribution in [-0.2, 0) is 4.79 Å². The van der Waals surface area contributed by atoms with Gasteiger partial charge < -0.3 is 5.32 Å². The van der Waals surface area contributed by atoms with Crippen molar-refractivity contribution in [3.63, 3.8) is 0 Å². The summed E-state index contributed by atoms with van der Waals surface area (Å²) in [6.07, 6.45) is 0. The third-order valence-electron chi connectivity index (χ3n) is 3.01. The summed E-state index contributed by atoms with van der Waals surface area (Å²) in [5, 5.41) is 11.9.